The monoisotopic (exact) mass is 262 g/mol. The van der Waals surface area contributed by atoms with Gasteiger partial charge in [0.2, 0.25) is 0 Å². The van der Waals surface area contributed by atoms with Gasteiger partial charge in [-0.05, 0) is 39.2 Å². The van der Waals surface area contributed by atoms with Gasteiger partial charge in [0.25, 0.3) is 0 Å². The molecule has 2 nitrogen and oxygen atoms in total. The van der Waals surface area contributed by atoms with Gasteiger partial charge in [-0.2, -0.15) is 0 Å². The quantitative estimate of drug-likeness (QED) is 0.848. The highest BCUT2D eigenvalue weighted by atomic mass is 16.5. The zero-order valence-electron chi connectivity index (χ0n) is 12.4. The van der Waals surface area contributed by atoms with E-state index in [1.807, 2.05) is 38.1 Å². The van der Waals surface area contributed by atoms with Gasteiger partial charge in [-0.1, -0.05) is 38.0 Å². The Morgan fingerprint density at radius 2 is 1.84 bits per heavy atom. The smallest absolute Gasteiger partial charge is 0.125 e. The van der Waals surface area contributed by atoms with Gasteiger partial charge in [0.1, 0.15) is 5.75 Å². The molecule has 106 valence electrons. The van der Waals surface area contributed by atoms with Gasteiger partial charge in [-0.25, -0.2) is 0 Å². The fourth-order valence-corrected chi connectivity index (χ4v) is 3.30. The lowest BCUT2D eigenvalue weighted by Crippen LogP contribution is -2.25. The maximum Gasteiger partial charge on any atom is 0.125 e. The number of ether oxygens (including phenoxy) is 1. The summed E-state index contributed by atoms with van der Waals surface area (Å²) in [6.45, 7) is 6.24. The van der Waals surface area contributed by atoms with Crippen molar-refractivity contribution in [3.63, 3.8) is 0 Å². The topological polar surface area (TPSA) is 29.5 Å². The molecular weight excluding hydrogens is 236 g/mol. The summed E-state index contributed by atoms with van der Waals surface area (Å²) in [4.78, 5) is 0. The molecule has 0 spiro atoms. The van der Waals surface area contributed by atoms with Gasteiger partial charge in [-0.15, -0.1) is 0 Å². The van der Waals surface area contributed by atoms with Crippen LogP contribution in [0.3, 0.4) is 0 Å². The summed E-state index contributed by atoms with van der Waals surface area (Å²) >= 11 is 0. The standard InChI is InChI=1S/C17H26O2/c1-4-17(11-7-8-12-17)16(18)14-9-5-6-10-15(14)19-13(2)3/h5-6,9-10,13,16,18H,4,7-8,11-12H2,1-3H3. The average molecular weight is 262 g/mol. The molecule has 0 amide bonds. The molecule has 0 aliphatic heterocycles. The highest BCUT2D eigenvalue weighted by Gasteiger charge is 2.40. The molecule has 0 aromatic heterocycles. The summed E-state index contributed by atoms with van der Waals surface area (Å²) < 4.78 is 5.86. The molecule has 1 aliphatic carbocycles. The lowest BCUT2D eigenvalue weighted by Gasteiger charge is -2.34. The van der Waals surface area contributed by atoms with Crippen molar-refractivity contribution in [2.24, 2.45) is 5.41 Å². The van der Waals surface area contributed by atoms with Crippen molar-refractivity contribution in [3.05, 3.63) is 29.8 Å². The van der Waals surface area contributed by atoms with Crippen LogP contribution in [0.4, 0.5) is 0 Å². The third-order valence-corrected chi connectivity index (χ3v) is 4.46. The first-order chi connectivity index (χ1) is 9.09. The molecule has 19 heavy (non-hydrogen) atoms. The minimum atomic E-state index is -0.407. The van der Waals surface area contributed by atoms with E-state index in [1.54, 1.807) is 0 Å². The molecule has 1 N–H and O–H groups in total. The molecule has 1 aromatic rings. The summed E-state index contributed by atoms with van der Waals surface area (Å²) in [6, 6.07) is 7.94. The van der Waals surface area contributed by atoms with Crippen molar-refractivity contribution in [1.29, 1.82) is 0 Å². The highest BCUT2D eigenvalue weighted by Crippen LogP contribution is 2.51. The highest BCUT2D eigenvalue weighted by molar-refractivity contribution is 5.36. The summed E-state index contributed by atoms with van der Waals surface area (Å²) in [5.41, 5.74) is 1.01. The van der Waals surface area contributed by atoms with Crippen molar-refractivity contribution in [1.82, 2.24) is 0 Å². The SMILES string of the molecule is CCC1(C(O)c2ccccc2OC(C)C)CCCC1. The Labute approximate surface area is 116 Å². The number of aliphatic hydroxyl groups excluding tert-OH is 1. The van der Waals surface area contributed by atoms with E-state index in [0.29, 0.717) is 0 Å². The lowest BCUT2D eigenvalue weighted by molar-refractivity contribution is 0.0209. The van der Waals surface area contributed by atoms with Crippen molar-refractivity contribution in [2.45, 2.75) is 65.1 Å². The normalized spacial score (nSPS) is 19.6. The Morgan fingerprint density at radius 3 is 2.42 bits per heavy atom. The maximum atomic E-state index is 10.9. The van der Waals surface area contributed by atoms with Crippen LogP contribution >= 0.6 is 0 Å². The van der Waals surface area contributed by atoms with Crippen LogP contribution in [0, 0.1) is 5.41 Å². The van der Waals surface area contributed by atoms with Gasteiger partial charge < -0.3 is 9.84 Å². The molecule has 1 unspecified atom stereocenters. The third kappa shape index (κ3) is 2.94. The molecule has 1 aromatic carbocycles. The molecule has 1 fully saturated rings. The lowest BCUT2D eigenvalue weighted by atomic mass is 9.75. The molecule has 0 saturated heterocycles. The second-order valence-electron chi connectivity index (χ2n) is 6.03. The van der Waals surface area contributed by atoms with Gasteiger partial charge in [0, 0.05) is 11.0 Å². The molecule has 0 radical (unpaired) electrons. The molecule has 2 rings (SSSR count). The van der Waals surface area contributed by atoms with Gasteiger partial charge in [-0.3, -0.25) is 0 Å². The van der Waals surface area contributed by atoms with Crippen molar-refractivity contribution < 1.29 is 9.84 Å². The number of hydrogen-bond donors (Lipinski definition) is 1. The number of rotatable bonds is 5. The second-order valence-corrected chi connectivity index (χ2v) is 6.03. The first-order valence-corrected chi connectivity index (χ1v) is 7.53. The summed E-state index contributed by atoms with van der Waals surface area (Å²) in [6.07, 6.45) is 5.48. The fourth-order valence-electron chi connectivity index (χ4n) is 3.30. The fraction of sp³-hybridized carbons (Fsp3) is 0.647. The number of aliphatic hydroxyl groups is 1. The van der Waals surface area contributed by atoms with Crippen molar-refractivity contribution in [3.8, 4) is 5.75 Å². The Bertz CT molecular complexity index is 405. The Morgan fingerprint density at radius 1 is 1.21 bits per heavy atom. The van der Waals surface area contributed by atoms with E-state index < -0.39 is 6.10 Å². The molecule has 0 bridgehead atoms. The summed E-state index contributed by atoms with van der Waals surface area (Å²) in [7, 11) is 0. The van der Waals surface area contributed by atoms with Gasteiger partial charge in [0.05, 0.1) is 12.2 Å². The molecule has 1 aliphatic rings. The molecule has 0 heterocycles. The minimum Gasteiger partial charge on any atom is -0.491 e. The first kappa shape index (κ1) is 14.4. The molecule has 1 atom stereocenters. The van der Waals surface area contributed by atoms with E-state index in [2.05, 4.69) is 6.92 Å². The predicted molar refractivity (Wildman–Crippen MR) is 78.4 cm³/mol. The zero-order valence-corrected chi connectivity index (χ0v) is 12.4. The van der Waals surface area contributed by atoms with E-state index in [4.69, 9.17) is 4.74 Å². The van der Waals surface area contributed by atoms with Crippen LogP contribution in [0.2, 0.25) is 0 Å². The average Bonchev–Trinajstić information content (AvgIpc) is 2.88. The van der Waals surface area contributed by atoms with Crippen molar-refractivity contribution in [2.75, 3.05) is 0 Å². The number of para-hydroxylation sites is 1. The van der Waals surface area contributed by atoms with Gasteiger partial charge in [0.15, 0.2) is 0 Å². The van der Waals surface area contributed by atoms with Crippen LogP contribution in [0.15, 0.2) is 24.3 Å². The summed E-state index contributed by atoms with van der Waals surface area (Å²) in [5, 5.41) is 10.9. The molecular formula is C17H26O2. The number of hydrogen-bond acceptors (Lipinski definition) is 2. The van der Waals surface area contributed by atoms with E-state index in [1.165, 1.54) is 12.8 Å². The molecule has 1 saturated carbocycles. The zero-order chi connectivity index (χ0) is 13.9. The van der Waals surface area contributed by atoms with E-state index in [-0.39, 0.29) is 11.5 Å². The molecule has 2 heteroatoms. The van der Waals surface area contributed by atoms with E-state index in [0.717, 1.165) is 30.6 Å². The van der Waals surface area contributed by atoms with Crippen LogP contribution in [0.25, 0.3) is 0 Å². The second kappa shape index (κ2) is 5.96. The van der Waals surface area contributed by atoms with Crippen LogP contribution in [-0.2, 0) is 0 Å². The third-order valence-electron chi connectivity index (χ3n) is 4.46. The van der Waals surface area contributed by atoms with Crippen LogP contribution in [0.5, 0.6) is 5.75 Å². The van der Waals surface area contributed by atoms with Crippen LogP contribution in [0.1, 0.15) is 64.5 Å². The van der Waals surface area contributed by atoms with Crippen molar-refractivity contribution >= 4 is 0 Å². The Balaban J connectivity index is 2.29. The van der Waals surface area contributed by atoms with E-state index >= 15 is 0 Å². The minimum absolute atomic E-state index is 0.0520. The summed E-state index contributed by atoms with van der Waals surface area (Å²) in [5.74, 6) is 0.838. The number of benzene rings is 1. The Kier molecular flexibility index (Phi) is 4.51. The van der Waals surface area contributed by atoms with Crippen LogP contribution < -0.4 is 4.74 Å². The van der Waals surface area contributed by atoms with E-state index in [9.17, 15) is 5.11 Å². The largest absolute Gasteiger partial charge is 0.491 e. The van der Waals surface area contributed by atoms with Gasteiger partial charge >= 0.3 is 0 Å². The predicted octanol–water partition coefficient (Wildman–Crippen LogP) is 4.48. The first-order valence-electron chi connectivity index (χ1n) is 7.53. The maximum absolute atomic E-state index is 10.9. The Hall–Kier alpha value is -1.02. The van der Waals surface area contributed by atoms with Crippen LogP contribution in [-0.4, -0.2) is 11.2 Å².